The van der Waals surface area contributed by atoms with Gasteiger partial charge in [0.05, 0.1) is 129 Å². The second-order valence-electron chi connectivity index (χ2n) is 33.4. The van der Waals surface area contributed by atoms with Crippen molar-refractivity contribution in [1.82, 2.24) is 45.4 Å². The Kier molecular flexibility index (Phi) is 41.3. The molecule has 4 amide bonds. The van der Waals surface area contributed by atoms with Crippen molar-refractivity contribution in [2.75, 3.05) is 146 Å². The van der Waals surface area contributed by atoms with Gasteiger partial charge in [-0.05, 0) is 139 Å². The second-order valence-corrected chi connectivity index (χ2v) is 33.4. The third-order valence-electron chi connectivity index (χ3n) is 24.2. The zero-order valence-corrected chi connectivity index (χ0v) is 74.1. The fourth-order valence-corrected chi connectivity index (χ4v) is 16.9. The number of piperidine rings is 1. The molecule has 35 nitrogen and oxygen atoms in total. The third kappa shape index (κ3) is 29.8. The number of aromatic nitrogens is 5. The Bertz CT molecular complexity index is 4240. The Morgan fingerprint density at radius 3 is 2.03 bits per heavy atom. The fourth-order valence-electron chi connectivity index (χ4n) is 16.9. The summed E-state index contributed by atoms with van der Waals surface area (Å²) in [6.45, 7) is 15.4. The molecule has 0 spiro atoms. The highest BCUT2D eigenvalue weighted by molar-refractivity contribution is 6.39. The number of hydrogen-bond acceptors (Lipinski definition) is 29. The molecule has 2 saturated carbocycles. The zero-order chi connectivity index (χ0) is 90.0. The van der Waals surface area contributed by atoms with E-state index in [1.165, 1.54) is 26.4 Å². The quantitative estimate of drug-likeness (QED) is 0.00965. The number of imidazole rings is 1. The van der Waals surface area contributed by atoms with Crippen molar-refractivity contribution in [3.63, 3.8) is 0 Å². The van der Waals surface area contributed by atoms with E-state index in [0.29, 0.717) is 167 Å². The molecular weight excluding hydrogens is 1620 g/mol. The summed E-state index contributed by atoms with van der Waals surface area (Å²) >= 11 is 0. The van der Waals surface area contributed by atoms with E-state index in [0.717, 1.165) is 51.5 Å². The van der Waals surface area contributed by atoms with Gasteiger partial charge in [-0.2, -0.15) is 5.10 Å². The smallest absolute Gasteiger partial charge is 0.407 e. The molecule has 2 aliphatic carbocycles. The Morgan fingerprint density at radius 1 is 0.712 bits per heavy atom. The van der Waals surface area contributed by atoms with Crippen molar-refractivity contribution >= 4 is 69.4 Å². The van der Waals surface area contributed by atoms with Crippen LogP contribution < -0.4 is 32.2 Å². The van der Waals surface area contributed by atoms with Crippen molar-refractivity contribution in [2.45, 2.75) is 217 Å². The lowest BCUT2D eigenvalue weighted by atomic mass is 9.80. The molecule has 4 fully saturated rings. The van der Waals surface area contributed by atoms with Crippen molar-refractivity contribution < 1.29 is 115 Å². The van der Waals surface area contributed by atoms with E-state index in [2.05, 4.69) is 31.0 Å². The number of Topliss-reactive ketones (excluding diaryl/α,β-unsaturated/α-hetero) is 3. The number of nitrogens with zero attached hydrogens (tertiary/aromatic N) is 5. The summed E-state index contributed by atoms with van der Waals surface area (Å²) in [4.78, 5) is 124. The summed E-state index contributed by atoms with van der Waals surface area (Å²) in [7, 11) is 4.69. The van der Waals surface area contributed by atoms with Crippen LogP contribution in [0.15, 0.2) is 78.2 Å². The lowest BCUT2D eigenvalue weighted by Crippen LogP contribution is -2.61. The van der Waals surface area contributed by atoms with Gasteiger partial charge in [-0.25, -0.2) is 24.1 Å². The number of alkyl carbamates (subject to hydrolysis) is 1. The number of nitrogen functional groups attached to an aromatic ring is 1. The van der Waals surface area contributed by atoms with Crippen LogP contribution in [0.1, 0.15) is 162 Å². The third-order valence-corrected chi connectivity index (χ3v) is 24.2. The van der Waals surface area contributed by atoms with Gasteiger partial charge in [0, 0.05) is 101 Å². The molecule has 125 heavy (non-hydrogen) atoms. The SMILES string of the molecule is COc1cccc2cc(-c3nc([C@H]4CC[C@H](C(=O)NCCOCCOCCNC(=O)CCOCCOCCOCCOCCOCCNC(=O)O[C@@H]5CC[C@@H](C[C@@H](N)[C@@H]6CC(=O)[C@H](C)/C=C(\C)[C@@H](O)[C@@H](O)C(=O)[C@H](C)C[C@H](C)/C=C/C=C/C=C(\C)[C@@H](OC)C[C@@H]7CC[C@@H](C)[C@@](O)(O7)C(=O)C(=O)N7CCCC[C@H]7C(=O)O6)C[C@H]5OC)CC4)n4ncnc(N)c34)[nH]c12. The summed E-state index contributed by atoms with van der Waals surface area (Å²) in [5.74, 6) is -7.69. The number of H-pyrrole nitrogens is 1. The molecular formula is C90H135N11O24. The molecule has 35 heteroatoms. The van der Waals surface area contributed by atoms with Gasteiger partial charge < -0.3 is 114 Å². The van der Waals surface area contributed by atoms with Gasteiger partial charge in [-0.3, -0.25) is 28.8 Å². The van der Waals surface area contributed by atoms with Crippen molar-refractivity contribution in [3.05, 3.63) is 84.0 Å². The number of aliphatic hydroxyl groups is 3. The first-order valence-corrected chi connectivity index (χ1v) is 44.3. The number of nitrogens with one attached hydrogen (secondary N) is 4. The molecule has 1 aromatic carbocycles. The monoisotopic (exact) mass is 1750 g/mol. The van der Waals surface area contributed by atoms with Gasteiger partial charge in [0.1, 0.15) is 65.4 Å². The average molecular weight is 1760 g/mol. The normalized spacial score (nSPS) is 28.5. The van der Waals surface area contributed by atoms with Crippen LogP contribution in [-0.4, -0.2) is 293 Å². The molecule has 0 radical (unpaired) electrons. The topological polar surface area (TPSA) is 467 Å². The number of aliphatic hydroxyl groups excluding tert-OH is 2. The Morgan fingerprint density at radius 2 is 1.37 bits per heavy atom. The number of anilines is 1. The van der Waals surface area contributed by atoms with E-state index in [1.54, 1.807) is 39.5 Å². The number of carbonyl (C=O) groups is 8. The fraction of sp³-hybridized carbons (Fsp3) is 0.678. The molecule has 4 aromatic rings. The van der Waals surface area contributed by atoms with E-state index < -0.39 is 120 Å². The van der Waals surface area contributed by atoms with Crippen molar-refractivity contribution in [2.24, 2.45) is 41.2 Å². The molecule has 5 aliphatic rings. The largest absolute Gasteiger partial charge is 0.495 e. The molecule has 6 heterocycles. The summed E-state index contributed by atoms with van der Waals surface area (Å²) in [5, 5.41) is 48.6. The molecule has 2 saturated heterocycles. The summed E-state index contributed by atoms with van der Waals surface area (Å²) in [6, 6.07) is 5.60. The highest BCUT2D eigenvalue weighted by Gasteiger charge is 2.53. The maximum absolute atomic E-state index is 14.6. The van der Waals surface area contributed by atoms with Gasteiger partial charge >= 0.3 is 12.1 Å². The molecule has 0 unspecified atom stereocenters. The Hall–Kier alpha value is -8.53. The minimum atomic E-state index is -2.51. The number of amides is 4. The summed E-state index contributed by atoms with van der Waals surface area (Å²) in [5.41, 5.74) is 17.3. The maximum atomic E-state index is 14.6. The van der Waals surface area contributed by atoms with Gasteiger partial charge in [-0.1, -0.05) is 76.3 Å². The van der Waals surface area contributed by atoms with Crippen LogP contribution in [0.25, 0.3) is 27.8 Å². The average Bonchev–Trinajstić information content (AvgIpc) is 1.65. The summed E-state index contributed by atoms with van der Waals surface area (Å²) < 4.78 is 76.5. The van der Waals surface area contributed by atoms with E-state index >= 15 is 0 Å². The molecule has 2 bridgehead atoms. The van der Waals surface area contributed by atoms with Crippen LogP contribution in [0.4, 0.5) is 10.6 Å². The number of benzene rings is 1. The number of aromatic amines is 1. The van der Waals surface area contributed by atoms with Gasteiger partial charge in [-0.15, -0.1) is 0 Å². The number of esters is 1. The number of carbonyl (C=O) groups excluding carboxylic acids is 8. The number of allylic oxidation sites excluding steroid dienone is 6. The molecule has 15 atom stereocenters. The number of hydrogen-bond donors (Lipinski definition) is 9. The minimum Gasteiger partial charge on any atom is -0.495 e. The first kappa shape index (κ1) is 100. The second kappa shape index (κ2) is 51.5. The lowest BCUT2D eigenvalue weighted by molar-refractivity contribution is -0.265. The lowest BCUT2D eigenvalue weighted by Gasteiger charge is -2.42. The molecule has 694 valence electrons. The van der Waals surface area contributed by atoms with Crippen molar-refractivity contribution in [1.29, 1.82) is 0 Å². The first-order chi connectivity index (χ1) is 60.2. The highest BCUT2D eigenvalue weighted by atomic mass is 16.6. The number of rotatable bonds is 37. The molecule has 3 aromatic heterocycles. The summed E-state index contributed by atoms with van der Waals surface area (Å²) in [6.07, 6.45) is 11.3. The zero-order valence-electron chi connectivity index (χ0n) is 74.1. The minimum absolute atomic E-state index is 0.00438. The number of ether oxygens (including phenoxy) is 13. The molecule has 11 N–H and O–H groups in total. The standard InChI is InChI=1S/C90H135N11O24/c1-56-16-11-10-12-17-57(2)73(114-8)53-66-27-21-61(6)90(112,125-66)83(107)87(109)100-33-14-13-19-69(100)88(110)123-74(54-70(102)58(3)49-60(5)81(105)82(106)80(104)59(4)48-56)67(91)50-62-22-28-71(75(51-62)115-9)124-89(111)95-32-37-119-41-43-121-45-47-122-46-44-120-42-38-116-34-29-76(103)93-30-35-117-39-40-118-36-31-94-86(108)64-25-23-63(24-26-64)85-99-78(79-84(92)96-55-97-101(79)85)68-52-65-18-15-20-72(113-7)77(65)98-68/h10-12,15-18,20,49,52,55-56,58-59,61-64,66-67,69,71,73-75,81-82,98,105-106,112H,13-14,19,21-48,50-51,53-54,91H2,1-9H3,(H,93,103)(H,94,108)(H,95,111)(H2,92,96,97)/b12-10+,16-11+,57-17+,60-49+/t56-,58-,59-,61-,62+,63-,64-,66+,67-,69+,71-,73+,74+,75-,81-,82+,90-/m1/s1. The molecule has 3 aliphatic heterocycles. The number of cyclic esters (lactones) is 1. The Balaban J connectivity index is 0.592. The van der Waals surface area contributed by atoms with Crippen LogP contribution in [0.2, 0.25) is 0 Å². The number of para-hydroxylation sites is 1. The number of methoxy groups -OCH3 is 3. The van der Waals surface area contributed by atoms with Gasteiger partial charge in [0.25, 0.3) is 11.7 Å². The number of fused-ring (bicyclic) bond motifs is 5. The predicted molar refractivity (Wildman–Crippen MR) is 462 cm³/mol. The Labute approximate surface area is 732 Å². The first-order valence-electron chi connectivity index (χ1n) is 44.3. The number of ketones is 3. The van der Waals surface area contributed by atoms with E-state index in [9.17, 15) is 53.7 Å². The van der Waals surface area contributed by atoms with Crippen molar-refractivity contribution in [3.8, 4) is 17.1 Å². The predicted octanol–water partition coefficient (Wildman–Crippen LogP) is 6.84. The van der Waals surface area contributed by atoms with Crippen LogP contribution in [0.5, 0.6) is 5.75 Å². The van der Waals surface area contributed by atoms with E-state index in [4.69, 9.17) is 78.0 Å². The van der Waals surface area contributed by atoms with Crippen LogP contribution in [-0.2, 0) is 90.4 Å². The van der Waals surface area contributed by atoms with E-state index in [1.807, 2.05) is 68.5 Å². The van der Waals surface area contributed by atoms with Crippen LogP contribution >= 0.6 is 0 Å². The maximum Gasteiger partial charge on any atom is 0.407 e. The van der Waals surface area contributed by atoms with Gasteiger partial charge in [0.15, 0.2) is 11.6 Å². The van der Waals surface area contributed by atoms with Crippen LogP contribution in [0.3, 0.4) is 0 Å². The highest BCUT2D eigenvalue weighted by Crippen LogP contribution is 2.42. The van der Waals surface area contributed by atoms with Gasteiger partial charge in [0.2, 0.25) is 17.6 Å². The number of nitrogens with two attached hydrogens (primary N) is 2. The van der Waals surface area contributed by atoms with E-state index in [-0.39, 0.29) is 99.7 Å². The van der Waals surface area contributed by atoms with Crippen LogP contribution in [0, 0.1) is 35.5 Å². The molecule has 9 rings (SSSR count).